The molecular formula is C21H28N4O3. The summed E-state index contributed by atoms with van der Waals surface area (Å²) in [6.07, 6.45) is 0.658. The van der Waals surface area contributed by atoms with Crippen LogP contribution < -0.4 is 11.1 Å². The van der Waals surface area contributed by atoms with Crippen LogP contribution >= 0.6 is 0 Å². The van der Waals surface area contributed by atoms with E-state index in [0.29, 0.717) is 31.0 Å². The summed E-state index contributed by atoms with van der Waals surface area (Å²) < 4.78 is 0. The lowest BCUT2D eigenvalue weighted by Gasteiger charge is -2.29. The molecule has 1 aromatic rings. The minimum Gasteiger partial charge on any atom is -0.330 e. The molecule has 0 radical (unpaired) electrons. The Morgan fingerprint density at radius 1 is 1.25 bits per heavy atom. The SMILES string of the molecule is CC1(C)CN(Cc2cccc3c2CN(C2CCC(=O)NC2=O)C3=O)CC1CN. The fourth-order valence-corrected chi connectivity index (χ4v) is 4.88. The number of imide groups is 1. The van der Waals surface area contributed by atoms with E-state index in [-0.39, 0.29) is 29.6 Å². The molecule has 150 valence electrons. The van der Waals surface area contributed by atoms with Crippen molar-refractivity contribution in [3.05, 3.63) is 34.9 Å². The minimum atomic E-state index is -0.571. The number of fused-ring (bicyclic) bond motifs is 1. The van der Waals surface area contributed by atoms with E-state index in [1.165, 1.54) is 0 Å². The number of hydrogen-bond donors (Lipinski definition) is 2. The van der Waals surface area contributed by atoms with Gasteiger partial charge in [0.2, 0.25) is 11.8 Å². The van der Waals surface area contributed by atoms with Crippen LogP contribution in [-0.2, 0) is 22.7 Å². The summed E-state index contributed by atoms with van der Waals surface area (Å²) in [5, 5.41) is 2.36. The molecule has 0 saturated carbocycles. The second kappa shape index (κ2) is 6.97. The van der Waals surface area contributed by atoms with Crippen molar-refractivity contribution in [2.75, 3.05) is 19.6 Å². The van der Waals surface area contributed by atoms with Crippen LogP contribution in [0.3, 0.4) is 0 Å². The largest absolute Gasteiger partial charge is 0.330 e. The number of likely N-dealkylation sites (tertiary alicyclic amines) is 1. The molecule has 4 rings (SSSR count). The highest BCUT2D eigenvalue weighted by Gasteiger charge is 2.41. The maximum Gasteiger partial charge on any atom is 0.255 e. The van der Waals surface area contributed by atoms with E-state index in [2.05, 4.69) is 30.1 Å². The molecule has 7 heteroatoms. The van der Waals surface area contributed by atoms with Crippen molar-refractivity contribution in [3.8, 4) is 0 Å². The van der Waals surface area contributed by atoms with Gasteiger partial charge in [-0.3, -0.25) is 24.6 Å². The number of benzene rings is 1. The number of carbonyl (C=O) groups excluding carboxylic acids is 3. The van der Waals surface area contributed by atoms with E-state index in [0.717, 1.165) is 30.8 Å². The third-order valence-electron chi connectivity index (χ3n) is 6.57. The van der Waals surface area contributed by atoms with Crippen molar-refractivity contribution in [2.45, 2.75) is 45.8 Å². The normalized spacial score (nSPS) is 27.2. The van der Waals surface area contributed by atoms with Crippen molar-refractivity contribution in [1.82, 2.24) is 15.1 Å². The molecule has 28 heavy (non-hydrogen) atoms. The van der Waals surface area contributed by atoms with E-state index >= 15 is 0 Å². The van der Waals surface area contributed by atoms with Crippen LogP contribution in [-0.4, -0.2) is 53.2 Å². The summed E-state index contributed by atoms with van der Waals surface area (Å²) in [6, 6.07) is 5.26. The lowest BCUT2D eigenvalue weighted by molar-refractivity contribution is -0.136. The Hall–Kier alpha value is -2.25. The minimum absolute atomic E-state index is 0.118. The number of amides is 3. The van der Waals surface area contributed by atoms with Gasteiger partial charge >= 0.3 is 0 Å². The molecule has 3 amide bonds. The highest BCUT2D eigenvalue weighted by molar-refractivity contribution is 6.05. The summed E-state index contributed by atoms with van der Waals surface area (Å²) in [7, 11) is 0. The Labute approximate surface area is 165 Å². The van der Waals surface area contributed by atoms with Crippen LogP contribution in [0.2, 0.25) is 0 Å². The van der Waals surface area contributed by atoms with Gasteiger partial charge in [0.05, 0.1) is 0 Å². The van der Waals surface area contributed by atoms with Crippen LogP contribution in [0.1, 0.15) is 48.2 Å². The highest BCUT2D eigenvalue weighted by Crippen LogP contribution is 2.36. The van der Waals surface area contributed by atoms with E-state index < -0.39 is 6.04 Å². The Bertz CT molecular complexity index is 835. The number of rotatable bonds is 4. The monoisotopic (exact) mass is 384 g/mol. The second-order valence-electron chi connectivity index (χ2n) is 8.93. The maximum atomic E-state index is 12.9. The van der Waals surface area contributed by atoms with Crippen LogP contribution in [0.5, 0.6) is 0 Å². The number of carbonyl (C=O) groups is 3. The van der Waals surface area contributed by atoms with Gasteiger partial charge in [-0.2, -0.15) is 0 Å². The number of nitrogens with zero attached hydrogens (tertiary/aromatic N) is 2. The number of nitrogens with one attached hydrogen (secondary N) is 1. The van der Waals surface area contributed by atoms with Gasteiger partial charge in [0.15, 0.2) is 0 Å². The summed E-state index contributed by atoms with van der Waals surface area (Å²) in [5.74, 6) is -0.290. The first-order valence-electron chi connectivity index (χ1n) is 9.98. The zero-order valence-electron chi connectivity index (χ0n) is 16.5. The van der Waals surface area contributed by atoms with Gasteiger partial charge in [-0.1, -0.05) is 26.0 Å². The molecule has 3 heterocycles. The lowest BCUT2D eigenvalue weighted by atomic mass is 9.82. The molecule has 2 fully saturated rings. The molecule has 3 aliphatic heterocycles. The van der Waals surface area contributed by atoms with Crippen molar-refractivity contribution >= 4 is 17.7 Å². The third kappa shape index (κ3) is 3.22. The Morgan fingerprint density at radius 3 is 2.71 bits per heavy atom. The topological polar surface area (TPSA) is 95.7 Å². The second-order valence-corrected chi connectivity index (χ2v) is 8.93. The molecule has 2 atom stereocenters. The molecule has 3 aliphatic rings. The first kappa shape index (κ1) is 19.1. The van der Waals surface area contributed by atoms with Crippen LogP contribution in [0, 0.1) is 11.3 Å². The molecule has 7 nitrogen and oxygen atoms in total. The van der Waals surface area contributed by atoms with Crippen LogP contribution in [0.4, 0.5) is 0 Å². The van der Waals surface area contributed by atoms with E-state index in [1.807, 2.05) is 12.1 Å². The third-order valence-corrected chi connectivity index (χ3v) is 6.57. The molecular weight excluding hydrogens is 356 g/mol. The summed E-state index contributed by atoms with van der Waals surface area (Å²) in [5.41, 5.74) is 8.96. The lowest BCUT2D eigenvalue weighted by Crippen LogP contribution is -2.52. The highest BCUT2D eigenvalue weighted by atomic mass is 16.2. The average Bonchev–Trinajstić information content (AvgIpc) is 3.12. The van der Waals surface area contributed by atoms with Crippen LogP contribution in [0.15, 0.2) is 18.2 Å². The van der Waals surface area contributed by atoms with Gasteiger partial charge in [-0.15, -0.1) is 0 Å². The number of piperidine rings is 1. The fourth-order valence-electron chi connectivity index (χ4n) is 4.88. The number of hydrogen-bond acceptors (Lipinski definition) is 5. The van der Waals surface area contributed by atoms with Crippen molar-refractivity contribution in [3.63, 3.8) is 0 Å². The molecule has 1 aromatic carbocycles. The Kier molecular flexibility index (Phi) is 4.75. The van der Waals surface area contributed by atoms with Crippen molar-refractivity contribution < 1.29 is 14.4 Å². The van der Waals surface area contributed by atoms with Crippen molar-refractivity contribution in [1.29, 1.82) is 0 Å². The van der Waals surface area contributed by atoms with Gasteiger partial charge < -0.3 is 10.6 Å². The van der Waals surface area contributed by atoms with E-state index in [4.69, 9.17) is 5.73 Å². The quantitative estimate of drug-likeness (QED) is 0.751. The Morgan fingerprint density at radius 2 is 2.04 bits per heavy atom. The Balaban J connectivity index is 1.54. The van der Waals surface area contributed by atoms with Gasteiger partial charge in [-0.05, 0) is 41.5 Å². The van der Waals surface area contributed by atoms with Gasteiger partial charge in [0.1, 0.15) is 6.04 Å². The van der Waals surface area contributed by atoms with Crippen molar-refractivity contribution in [2.24, 2.45) is 17.1 Å². The van der Waals surface area contributed by atoms with Gasteiger partial charge in [0.25, 0.3) is 5.91 Å². The molecule has 0 aromatic heterocycles. The molecule has 0 aliphatic carbocycles. The molecule has 0 spiro atoms. The average molecular weight is 384 g/mol. The van der Waals surface area contributed by atoms with Gasteiger partial charge in [-0.25, -0.2) is 0 Å². The zero-order valence-corrected chi connectivity index (χ0v) is 16.5. The zero-order chi connectivity index (χ0) is 20.1. The number of nitrogens with two attached hydrogens (primary N) is 1. The maximum absolute atomic E-state index is 12.9. The summed E-state index contributed by atoms with van der Waals surface area (Å²) in [4.78, 5) is 40.7. The fraction of sp³-hybridized carbons (Fsp3) is 0.571. The predicted molar refractivity (Wildman–Crippen MR) is 104 cm³/mol. The summed E-state index contributed by atoms with van der Waals surface area (Å²) in [6.45, 7) is 8.33. The smallest absolute Gasteiger partial charge is 0.255 e. The molecule has 0 bridgehead atoms. The van der Waals surface area contributed by atoms with E-state index in [1.54, 1.807) is 4.90 Å². The molecule has 3 N–H and O–H groups in total. The van der Waals surface area contributed by atoms with Gasteiger partial charge in [0, 0.05) is 38.2 Å². The predicted octanol–water partition coefficient (Wildman–Crippen LogP) is 0.864. The van der Waals surface area contributed by atoms with Crippen LogP contribution in [0.25, 0.3) is 0 Å². The summed E-state index contributed by atoms with van der Waals surface area (Å²) >= 11 is 0. The van der Waals surface area contributed by atoms with E-state index in [9.17, 15) is 14.4 Å². The molecule has 2 saturated heterocycles. The molecule has 2 unspecified atom stereocenters. The first-order valence-corrected chi connectivity index (χ1v) is 9.98. The first-order chi connectivity index (χ1) is 13.3. The standard InChI is InChI=1S/C21H28N4O3/c1-21(2)12-24(10-14(21)8-22)9-13-4-3-5-15-16(13)11-25(20(15)28)17-6-7-18(26)23-19(17)27/h3-5,14,17H,6-12,22H2,1-2H3,(H,23,26,27).